The molecule has 1 aromatic carbocycles. The molecule has 1 heterocycles. The molecule has 1 aliphatic rings. The van der Waals surface area contributed by atoms with Crippen molar-refractivity contribution < 1.29 is 13.6 Å². The number of nitrogens with one attached hydrogen (secondary N) is 1. The molecule has 1 fully saturated rings. The van der Waals surface area contributed by atoms with Gasteiger partial charge < -0.3 is 16.0 Å². The Morgan fingerprint density at radius 3 is 2.89 bits per heavy atom. The molecular formula is C13H17F2N3O. The lowest BCUT2D eigenvalue weighted by Crippen LogP contribution is -2.46. The number of piperidine rings is 1. The van der Waals surface area contributed by atoms with Crippen molar-refractivity contribution in [2.24, 2.45) is 0 Å². The molecule has 0 radical (unpaired) electrons. The van der Waals surface area contributed by atoms with Crippen LogP contribution in [0.2, 0.25) is 0 Å². The van der Waals surface area contributed by atoms with Crippen LogP contribution in [0, 0.1) is 11.6 Å². The predicted octanol–water partition coefficient (Wildman–Crippen LogP) is 1.37. The number of amides is 1. The summed E-state index contributed by atoms with van der Waals surface area (Å²) in [5, 5.41) is 2.72. The molecular weight excluding hydrogens is 252 g/mol. The second kappa shape index (κ2) is 5.52. The molecule has 1 amide bonds. The SMILES string of the molecule is CN1CCCC(NC(=O)c2cc(F)cc(N)c2F)C1. The molecule has 6 heteroatoms. The minimum absolute atomic E-state index is 0.0462. The number of nitrogen functional groups attached to an aromatic ring is 1. The van der Waals surface area contributed by atoms with Gasteiger partial charge in [0.1, 0.15) is 5.82 Å². The molecule has 2 rings (SSSR count). The lowest BCUT2D eigenvalue weighted by Gasteiger charge is -2.30. The van der Waals surface area contributed by atoms with Crippen LogP contribution in [0.3, 0.4) is 0 Å². The molecule has 0 saturated carbocycles. The van der Waals surface area contributed by atoms with Gasteiger partial charge in [-0.2, -0.15) is 0 Å². The number of hydrogen-bond donors (Lipinski definition) is 2. The van der Waals surface area contributed by atoms with Gasteiger partial charge in [0.25, 0.3) is 5.91 Å². The van der Waals surface area contributed by atoms with E-state index in [9.17, 15) is 13.6 Å². The van der Waals surface area contributed by atoms with Crippen LogP contribution in [0.5, 0.6) is 0 Å². The highest BCUT2D eigenvalue weighted by Gasteiger charge is 2.22. The first-order valence-corrected chi connectivity index (χ1v) is 6.21. The smallest absolute Gasteiger partial charge is 0.254 e. The number of hydrogen-bond acceptors (Lipinski definition) is 3. The van der Waals surface area contributed by atoms with E-state index in [-0.39, 0.29) is 17.3 Å². The highest BCUT2D eigenvalue weighted by Crippen LogP contribution is 2.18. The van der Waals surface area contributed by atoms with Crippen LogP contribution in [0.15, 0.2) is 12.1 Å². The monoisotopic (exact) mass is 269 g/mol. The summed E-state index contributed by atoms with van der Waals surface area (Å²) in [6.45, 7) is 1.69. The van der Waals surface area contributed by atoms with Gasteiger partial charge in [0.2, 0.25) is 0 Å². The number of benzene rings is 1. The minimum Gasteiger partial charge on any atom is -0.396 e. The first-order chi connectivity index (χ1) is 8.97. The zero-order valence-corrected chi connectivity index (χ0v) is 10.7. The van der Waals surface area contributed by atoms with Gasteiger partial charge in [-0.05, 0) is 38.6 Å². The second-order valence-corrected chi connectivity index (χ2v) is 4.93. The first kappa shape index (κ1) is 13.7. The number of rotatable bonds is 2. The van der Waals surface area contributed by atoms with Gasteiger partial charge in [0, 0.05) is 12.6 Å². The van der Waals surface area contributed by atoms with Crippen molar-refractivity contribution in [1.29, 1.82) is 0 Å². The highest BCUT2D eigenvalue weighted by atomic mass is 19.1. The summed E-state index contributed by atoms with van der Waals surface area (Å²) < 4.78 is 26.9. The Labute approximate surface area is 110 Å². The molecule has 1 aromatic rings. The summed E-state index contributed by atoms with van der Waals surface area (Å²) in [7, 11) is 1.96. The number of halogens is 2. The van der Waals surface area contributed by atoms with E-state index >= 15 is 0 Å². The predicted molar refractivity (Wildman–Crippen MR) is 68.8 cm³/mol. The standard InChI is InChI=1S/C13H17F2N3O/c1-18-4-2-3-9(7-18)17-13(19)10-5-8(14)6-11(16)12(10)15/h5-6,9H,2-4,7,16H2,1H3,(H,17,19). The maximum Gasteiger partial charge on any atom is 0.254 e. The van der Waals surface area contributed by atoms with E-state index in [0.29, 0.717) is 6.54 Å². The Hall–Kier alpha value is -1.69. The fourth-order valence-corrected chi connectivity index (χ4v) is 2.32. The zero-order chi connectivity index (χ0) is 14.0. The Morgan fingerprint density at radius 2 is 2.21 bits per heavy atom. The molecule has 0 aliphatic carbocycles. The van der Waals surface area contributed by atoms with E-state index in [1.165, 1.54) is 0 Å². The van der Waals surface area contributed by atoms with E-state index < -0.39 is 17.5 Å². The molecule has 19 heavy (non-hydrogen) atoms. The van der Waals surface area contributed by atoms with Gasteiger partial charge in [-0.3, -0.25) is 4.79 Å². The average molecular weight is 269 g/mol. The summed E-state index contributed by atoms with van der Waals surface area (Å²) in [4.78, 5) is 14.0. The van der Waals surface area contributed by atoms with Crippen LogP contribution in [0.4, 0.5) is 14.5 Å². The molecule has 0 bridgehead atoms. The van der Waals surface area contributed by atoms with Gasteiger partial charge >= 0.3 is 0 Å². The van der Waals surface area contributed by atoms with Crippen LogP contribution in [-0.4, -0.2) is 37.0 Å². The van der Waals surface area contributed by atoms with Gasteiger partial charge in [-0.25, -0.2) is 8.78 Å². The molecule has 0 spiro atoms. The van der Waals surface area contributed by atoms with Crippen LogP contribution < -0.4 is 11.1 Å². The summed E-state index contributed by atoms with van der Waals surface area (Å²) in [5.74, 6) is -2.21. The van der Waals surface area contributed by atoms with E-state index in [1.54, 1.807) is 0 Å². The molecule has 104 valence electrons. The molecule has 3 N–H and O–H groups in total. The van der Waals surface area contributed by atoms with Crippen molar-refractivity contribution in [2.75, 3.05) is 25.9 Å². The summed E-state index contributed by atoms with van der Waals surface area (Å²) in [6, 6.07) is 1.68. The number of carbonyl (C=O) groups is 1. The van der Waals surface area contributed by atoms with E-state index in [1.807, 2.05) is 7.05 Å². The van der Waals surface area contributed by atoms with Gasteiger partial charge in [0.05, 0.1) is 11.3 Å². The Balaban J connectivity index is 2.11. The summed E-state index contributed by atoms with van der Waals surface area (Å²) in [5.41, 5.74) is 4.61. The summed E-state index contributed by atoms with van der Waals surface area (Å²) in [6.07, 6.45) is 1.80. The largest absolute Gasteiger partial charge is 0.396 e. The maximum absolute atomic E-state index is 13.7. The molecule has 1 atom stereocenters. The minimum atomic E-state index is -0.872. The summed E-state index contributed by atoms with van der Waals surface area (Å²) >= 11 is 0. The van der Waals surface area contributed by atoms with Gasteiger partial charge in [-0.1, -0.05) is 0 Å². The van der Waals surface area contributed by atoms with Crippen LogP contribution in [0.1, 0.15) is 23.2 Å². The number of likely N-dealkylation sites (N-methyl/N-ethyl adjacent to an activating group) is 1. The Bertz CT molecular complexity index is 493. The average Bonchev–Trinajstić information content (AvgIpc) is 2.33. The van der Waals surface area contributed by atoms with Crippen molar-refractivity contribution in [3.05, 3.63) is 29.3 Å². The topological polar surface area (TPSA) is 58.4 Å². The number of carbonyl (C=O) groups excluding carboxylic acids is 1. The normalized spacial score (nSPS) is 20.3. The van der Waals surface area contributed by atoms with Crippen LogP contribution in [-0.2, 0) is 0 Å². The third-order valence-electron chi connectivity index (χ3n) is 3.27. The van der Waals surface area contributed by atoms with Crippen molar-refractivity contribution in [3.8, 4) is 0 Å². The third-order valence-corrected chi connectivity index (χ3v) is 3.27. The van der Waals surface area contributed by atoms with E-state index in [4.69, 9.17) is 5.73 Å². The van der Waals surface area contributed by atoms with Crippen molar-refractivity contribution in [2.45, 2.75) is 18.9 Å². The van der Waals surface area contributed by atoms with Crippen molar-refractivity contribution in [1.82, 2.24) is 10.2 Å². The second-order valence-electron chi connectivity index (χ2n) is 4.93. The van der Waals surface area contributed by atoms with Crippen molar-refractivity contribution >= 4 is 11.6 Å². The Morgan fingerprint density at radius 1 is 1.47 bits per heavy atom. The third kappa shape index (κ3) is 3.20. The van der Waals surface area contributed by atoms with Crippen LogP contribution in [0.25, 0.3) is 0 Å². The van der Waals surface area contributed by atoms with E-state index in [0.717, 1.165) is 31.5 Å². The lowest BCUT2D eigenvalue weighted by molar-refractivity contribution is 0.0908. The zero-order valence-electron chi connectivity index (χ0n) is 10.7. The Kier molecular flexibility index (Phi) is 3.99. The number of nitrogens with two attached hydrogens (primary N) is 1. The van der Waals surface area contributed by atoms with Crippen molar-refractivity contribution in [3.63, 3.8) is 0 Å². The quantitative estimate of drug-likeness (QED) is 0.797. The number of nitrogens with zero attached hydrogens (tertiary/aromatic N) is 1. The fourth-order valence-electron chi connectivity index (χ4n) is 2.32. The van der Waals surface area contributed by atoms with Gasteiger partial charge in [-0.15, -0.1) is 0 Å². The number of likely N-dealkylation sites (tertiary alicyclic amines) is 1. The molecule has 4 nitrogen and oxygen atoms in total. The fraction of sp³-hybridized carbons (Fsp3) is 0.462. The first-order valence-electron chi connectivity index (χ1n) is 6.21. The molecule has 1 unspecified atom stereocenters. The lowest BCUT2D eigenvalue weighted by atomic mass is 10.1. The molecule has 1 aliphatic heterocycles. The van der Waals surface area contributed by atoms with Crippen LogP contribution >= 0.6 is 0 Å². The molecule has 1 saturated heterocycles. The molecule has 0 aromatic heterocycles. The highest BCUT2D eigenvalue weighted by molar-refractivity contribution is 5.95. The number of anilines is 1. The van der Waals surface area contributed by atoms with E-state index in [2.05, 4.69) is 10.2 Å². The van der Waals surface area contributed by atoms with Gasteiger partial charge in [0.15, 0.2) is 5.82 Å². The maximum atomic E-state index is 13.7.